The molecule has 8 nitrogen and oxygen atoms in total. The van der Waals surface area contributed by atoms with Crippen LogP contribution in [0.25, 0.3) is 0 Å². The van der Waals surface area contributed by atoms with Crippen LogP contribution in [0.15, 0.2) is 65.7 Å². The number of nitrogens with zero attached hydrogens (tertiary/aromatic N) is 2. The second-order valence-corrected chi connectivity index (χ2v) is 7.02. The monoisotopic (exact) mass is 411 g/mol. The summed E-state index contributed by atoms with van der Waals surface area (Å²) in [6.07, 6.45) is 0.697. The highest BCUT2D eigenvalue weighted by atomic mass is 16.4. The van der Waals surface area contributed by atoms with Gasteiger partial charge in [-0.25, -0.2) is 4.79 Å². The van der Waals surface area contributed by atoms with Crippen LogP contribution in [0.2, 0.25) is 0 Å². The normalized spacial score (nSPS) is 11.6. The lowest BCUT2D eigenvalue weighted by Crippen LogP contribution is -2.45. The number of carboxylic acid groups (broad SMARTS) is 1. The Labute approximate surface area is 176 Å². The molecule has 8 heteroatoms. The number of benzene rings is 2. The summed E-state index contributed by atoms with van der Waals surface area (Å²) >= 11 is 0. The van der Waals surface area contributed by atoms with Gasteiger partial charge in [-0.15, -0.1) is 0 Å². The second-order valence-electron chi connectivity index (χ2n) is 7.02. The number of aliphatic imine (C=N–C) groups is 1. The molecular formula is C22H29N5O3. The molecule has 0 spiro atoms. The Kier molecular flexibility index (Phi) is 9.33. The molecule has 6 N–H and O–H groups in total. The first-order valence-corrected chi connectivity index (χ1v) is 9.82. The average Bonchev–Trinajstić information content (AvgIpc) is 2.71. The molecule has 0 aliphatic heterocycles. The summed E-state index contributed by atoms with van der Waals surface area (Å²) in [5.74, 6) is -1.45. The maximum atomic E-state index is 12.6. The first-order valence-electron chi connectivity index (χ1n) is 9.82. The standard InChI is InChI=1S/C22H29N5O3/c23-22(24)25-13-7-12-19(21(29)30)26-20(28)16-27(14-17-8-3-1-4-9-17)15-18-10-5-2-6-11-18/h1-6,8-11,19H,7,12-16H2,(H,26,28)(H,29,30)(H4,23,24,25). The van der Waals surface area contributed by atoms with Gasteiger partial charge in [0.25, 0.3) is 0 Å². The number of carbonyl (C=O) groups excluding carboxylic acids is 1. The molecule has 0 bridgehead atoms. The van der Waals surface area contributed by atoms with Gasteiger partial charge in [0.05, 0.1) is 6.54 Å². The molecule has 0 fully saturated rings. The molecule has 30 heavy (non-hydrogen) atoms. The minimum absolute atomic E-state index is 0.0385. The van der Waals surface area contributed by atoms with E-state index in [1.165, 1.54) is 0 Å². The van der Waals surface area contributed by atoms with Crippen LogP contribution in [0.4, 0.5) is 0 Å². The Hall–Kier alpha value is -3.39. The number of rotatable bonds is 12. The third-order valence-electron chi connectivity index (χ3n) is 4.44. The lowest BCUT2D eigenvalue weighted by atomic mass is 10.1. The van der Waals surface area contributed by atoms with Crippen molar-refractivity contribution in [1.29, 1.82) is 0 Å². The lowest BCUT2D eigenvalue weighted by Gasteiger charge is -2.23. The van der Waals surface area contributed by atoms with Gasteiger partial charge >= 0.3 is 5.97 Å². The van der Waals surface area contributed by atoms with Crippen molar-refractivity contribution in [2.24, 2.45) is 16.5 Å². The predicted molar refractivity (Wildman–Crippen MR) is 116 cm³/mol. The molecule has 0 saturated carbocycles. The first kappa shape index (κ1) is 22.9. The largest absolute Gasteiger partial charge is 0.480 e. The topological polar surface area (TPSA) is 134 Å². The first-order chi connectivity index (χ1) is 14.4. The van der Waals surface area contributed by atoms with Crippen LogP contribution in [0, 0.1) is 0 Å². The molecule has 1 unspecified atom stereocenters. The highest BCUT2D eigenvalue weighted by Gasteiger charge is 2.21. The van der Waals surface area contributed by atoms with E-state index in [4.69, 9.17) is 11.5 Å². The number of aliphatic carboxylic acids is 1. The summed E-state index contributed by atoms with van der Waals surface area (Å²) < 4.78 is 0. The van der Waals surface area contributed by atoms with E-state index < -0.39 is 12.0 Å². The zero-order valence-corrected chi connectivity index (χ0v) is 16.9. The van der Waals surface area contributed by atoms with Crippen molar-refractivity contribution < 1.29 is 14.7 Å². The lowest BCUT2D eigenvalue weighted by molar-refractivity contribution is -0.142. The molecule has 0 saturated heterocycles. The van der Waals surface area contributed by atoms with Gasteiger partial charge in [-0.05, 0) is 24.0 Å². The average molecular weight is 412 g/mol. The highest BCUT2D eigenvalue weighted by molar-refractivity contribution is 5.84. The molecule has 0 aliphatic carbocycles. The van der Waals surface area contributed by atoms with Crippen LogP contribution in [0.1, 0.15) is 24.0 Å². The van der Waals surface area contributed by atoms with Crippen LogP contribution in [-0.2, 0) is 22.7 Å². The number of guanidine groups is 1. The zero-order valence-electron chi connectivity index (χ0n) is 16.9. The molecule has 1 amide bonds. The van der Waals surface area contributed by atoms with Gasteiger partial charge in [-0.3, -0.25) is 14.7 Å². The molecule has 2 aromatic rings. The van der Waals surface area contributed by atoms with Crippen LogP contribution in [0.3, 0.4) is 0 Å². The maximum Gasteiger partial charge on any atom is 0.326 e. The van der Waals surface area contributed by atoms with E-state index in [0.717, 1.165) is 11.1 Å². The smallest absolute Gasteiger partial charge is 0.326 e. The summed E-state index contributed by atoms with van der Waals surface area (Å²) in [6.45, 7) is 1.55. The van der Waals surface area contributed by atoms with Crippen molar-refractivity contribution in [2.45, 2.75) is 32.0 Å². The molecule has 0 aromatic heterocycles. The fourth-order valence-corrected chi connectivity index (χ4v) is 3.05. The number of carbonyl (C=O) groups is 2. The number of amides is 1. The van der Waals surface area contributed by atoms with Crippen molar-refractivity contribution in [2.75, 3.05) is 13.1 Å². The van der Waals surface area contributed by atoms with Gasteiger partial charge in [-0.1, -0.05) is 60.7 Å². The van der Waals surface area contributed by atoms with Gasteiger partial charge in [0, 0.05) is 19.6 Å². The summed E-state index contributed by atoms with van der Waals surface area (Å²) in [6, 6.07) is 18.7. The number of nitrogens with one attached hydrogen (secondary N) is 1. The van der Waals surface area contributed by atoms with E-state index in [1.54, 1.807) is 0 Å². The molecule has 2 rings (SSSR count). The van der Waals surface area contributed by atoms with E-state index in [2.05, 4.69) is 10.3 Å². The van der Waals surface area contributed by atoms with Crippen molar-refractivity contribution in [3.63, 3.8) is 0 Å². The van der Waals surface area contributed by atoms with Crippen molar-refractivity contribution >= 4 is 17.8 Å². The summed E-state index contributed by atoms with van der Waals surface area (Å²) in [5.41, 5.74) is 12.7. The number of hydrogen-bond acceptors (Lipinski definition) is 4. The van der Waals surface area contributed by atoms with Crippen LogP contribution in [0.5, 0.6) is 0 Å². The van der Waals surface area contributed by atoms with Gasteiger partial charge in [-0.2, -0.15) is 0 Å². The molecule has 0 aliphatic rings. The van der Waals surface area contributed by atoms with Gasteiger partial charge < -0.3 is 21.9 Å². The molecule has 1 atom stereocenters. The van der Waals surface area contributed by atoms with Gasteiger partial charge in [0.15, 0.2) is 5.96 Å². The number of hydrogen-bond donors (Lipinski definition) is 4. The number of carboxylic acids is 1. The van der Waals surface area contributed by atoms with Gasteiger partial charge in [0.2, 0.25) is 5.91 Å². The Morgan fingerprint density at radius 2 is 1.50 bits per heavy atom. The Balaban J connectivity index is 1.98. The van der Waals surface area contributed by atoms with Crippen LogP contribution in [-0.4, -0.2) is 47.0 Å². The molecule has 0 heterocycles. The Bertz CT molecular complexity index is 782. The third-order valence-corrected chi connectivity index (χ3v) is 4.44. The SMILES string of the molecule is NC(N)=NCCCC(NC(=O)CN(Cc1ccccc1)Cc1ccccc1)C(=O)O. The van der Waals surface area contributed by atoms with Gasteiger partial charge in [0.1, 0.15) is 6.04 Å². The molecule has 0 radical (unpaired) electrons. The van der Waals surface area contributed by atoms with E-state index >= 15 is 0 Å². The van der Waals surface area contributed by atoms with Crippen molar-refractivity contribution in [1.82, 2.24) is 10.2 Å². The predicted octanol–water partition coefficient (Wildman–Crippen LogP) is 1.31. The maximum absolute atomic E-state index is 12.6. The fourth-order valence-electron chi connectivity index (χ4n) is 3.05. The second kappa shape index (κ2) is 12.2. The van der Waals surface area contributed by atoms with E-state index in [1.807, 2.05) is 65.6 Å². The summed E-state index contributed by atoms with van der Waals surface area (Å²) in [5, 5.41) is 12.0. The van der Waals surface area contributed by atoms with Crippen molar-refractivity contribution in [3.05, 3.63) is 71.8 Å². The minimum Gasteiger partial charge on any atom is -0.480 e. The van der Waals surface area contributed by atoms with Crippen LogP contribution >= 0.6 is 0 Å². The summed E-state index contributed by atoms with van der Waals surface area (Å²) in [7, 11) is 0. The van der Waals surface area contributed by atoms with E-state index in [9.17, 15) is 14.7 Å². The Morgan fingerprint density at radius 1 is 0.967 bits per heavy atom. The highest BCUT2D eigenvalue weighted by Crippen LogP contribution is 2.10. The minimum atomic E-state index is -1.08. The van der Waals surface area contributed by atoms with Crippen LogP contribution < -0.4 is 16.8 Å². The van der Waals surface area contributed by atoms with E-state index in [0.29, 0.717) is 26.1 Å². The third kappa shape index (κ3) is 8.74. The Morgan fingerprint density at radius 3 is 1.97 bits per heavy atom. The van der Waals surface area contributed by atoms with E-state index in [-0.39, 0.29) is 24.8 Å². The molecule has 2 aromatic carbocycles. The summed E-state index contributed by atoms with van der Waals surface area (Å²) in [4.78, 5) is 29.9. The molecule has 160 valence electrons. The molecular weight excluding hydrogens is 382 g/mol. The number of nitrogens with two attached hydrogens (primary N) is 2. The fraction of sp³-hybridized carbons (Fsp3) is 0.318. The quantitative estimate of drug-likeness (QED) is 0.236. The zero-order chi connectivity index (χ0) is 21.8. The van der Waals surface area contributed by atoms with Crippen molar-refractivity contribution in [3.8, 4) is 0 Å².